The zero-order valence-electron chi connectivity index (χ0n) is 10.6. The molecule has 0 aliphatic carbocycles. The molecule has 17 heavy (non-hydrogen) atoms. The number of nitrogens with zero attached hydrogens (tertiary/aromatic N) is 1. The van der Waals surface area contributed by atoms with Crippen molar-refractivity contribution in [3.8, 4) is 0 Å². The van der Waals surface area contributed by atoms with Crippen molar-refractivity contribution in [1.82, 2.24) is 4.90 Å². The molecular weight excluding hydrogens is 240 g/mol. The van der Waals surface area contributed by atoms with Gasteiger partial charge in [-0.1, -0.05) is 13.8 Å². The maximum atomic E-state index is 12.1. The van der Waals surface area contributed by atoms with Crippen LogP contribution in [0.1, 0.15) is 20.3 Å². The highest BCUT2D eigenvalue weighted by molar-refractivity contribution is 7.91. The monoisotopic (exact) mass is 262 g/mol. The molecule has 1 saturated heterocycles. The van der Waals surface area contributed by atoms with E-state index in [2.05, 4.69) is 13.8 Å². The molecule has 100 valence electrons. The highest BCUT2D eigenvalue weighted by atomic mass is 32.2. The molecule has 0 radical (unpaired) electrons. The number of amides is 1. The van der Waals surface area contributed by atoms with E-state index >= 15 is 0 Å². The van der Waals surface area contributed by atoms with Gasteiger partial charge >= 0.3 is 0 Å². The average Bonchev–Trinajstić information content (AvgIpc) is 2.24. The van der Waals surface area contributed by atoms with E-state index in [1.165, 1.54) is 0 Å². The largest absolute Gasteiger partial charge is 0.340 e. The van der Waals surface area contributed by atoms with Crippen molar-refractivity contribution < 1.29 is 13.2 Å². The fourth-order valence-corrected chi connectivity index (χ4v) is 3.26. The Labute approximate surface area is 103 Å². The van der Waals surface area contributed by atoms with Gasteiger partial charge in [-0.15, -0.1) is 0 Å². The molecule has 0 aromatic rings. The smallest absolute Gasteiger partial charge is 0.227 e. The standard InChI is InChI=1S/C11H22N2O3S/c1-9(2)7-10(8-12)11(14)13-3-5-17(15,16)6-4-13/h9-10H,3-8,12H2,1-2H3. The summed E-state index contributed by atoms with van der Waals surface area (Å²) in [6, 6.07) is 0. The van der Waals surface area contributed by atoms with Crippen molar-refractivity contribution in [2.45, 2.75) is 20.3 Å². The minimum Gasteiger partial charge on any atom is -0.340 e. The van der Waals surface area contributed by atoms with E-state index in [4.69, 9.17) is 5.73 Å². The van der Waals surface area contributed by atoms with E-state index in [0.29, 0.717) is 25.6 Å². The molecule has 0 spiro atoms. The summed E-state index contributed by atoms with van der Waals surface area (Å²) >= 11 is 0. The molecule has 0 saturated carbocycles. The topological polar surface area (TPSA) is 80.5 Å². The van der Waals surface area contributed by atoms with Crippen LogP contribution in [0.25, 0.3) is 0 Å². The minimum absolute atomic E-state index is 0.0103. The zero-order valence-corrected chi connectivity index (χ0v) is 11.4. The molecule has 0 aromatic carbocycles. The Kier molecular flexibility index (Phi) is 4.94. The van der Waals surface area contributed by atoms with Gasteiger partial charge in [-0.2, -0.15) is 0 Å². The van der Waals surface area contributed by atoms with Gasteiger partial charge in [0.05, 0.1) is 17.4 Å². The van der Waals surface area contributed by atoms with Gasteiger partial charge in [0.2, 0.25) is 5.91 Å². The molecule has 1 aliphatic heterocycles. The second-order valence-electron chi connectivity index (χ2n) is 5.04. The van der Waals surface area contributed by atoms with Crippen LogP contribution in [-0.2, 0) is 14.6 Å². The fourth-order valence-electron chi connectivity index (χ4n) is 2.06. The lowest BCUT2D eigenvalue weighted by Crippen LogP contribution is -2.47. The van der Waals surface area contributed by atoms with Crippen LogP contribution in [0.2, 0.25) is 0 Å². The zero-order chi connectivity index (χ0) is 13.1. The maximum Gasteiger partial charge on any atom is 0.227 e. The van der Waals surface area contributed by atoms with Crippen LogP contribution in [0.3, 0.4) is 0 Å². The number of carbonyl (C=O) groups excluding carboxylic acids is 1. The molecule has 1 amide bonds. The Bertz CT molecular complexity index is 351. The Morgan fingerprint density at radius 2 is 1.82 bits per heavy atom. The SMILES string of the molecule is CC(C)CC(CN)C(=O)N1CCS(=O)(=O)CC1. The van der Waals surface area contributed by atoms with E-state index in [0.717, 1.165) is 6.42 Å². The maximum absolute atomic E-state index is 12.1. The van der Waals surface area contributed by atoms with Crippen molar-refractivity contribution in [2.75, 3.05) is 31.1 Å². The number of hydrogen-bond acceptors (Lipinski definition) is 4. The van der Waals surface area contributed by atoms with Gasteiger partial charge in [0.1, 0.15) is 0 Å². The molecule has 1 unspecified atom stereocenters. The molecule has 2 N–H and O–H groups in total. The third-order valence-corrected chi connectivity index (χ3v) is 4.65. The lowest BCUT2D eigenvalue weighted by atomic mass is 9.96. The Morgan fingerprint density at radius 1 is 1.29 bits per heavy atom. The van der Waals surface area contributed by atoms with Crippen molar-refractivity contribution >= 4 is 15.7 Å². The first-order chi connectivity index (χ1) is 7.85. The number of sulfone groups is 1. The van der Waals surface area contributed by atoms with Crippen LogP contribution >= 0.6 is 0 Å². The highest BCUT2D eigenvalue weighted by Gasteiger charge is 2.29. The molecule has 1 rings (SSSR count). The Hall–Kier alpha value is -0.620. The first-order valence-electron chi connectivity index (χ1n) is 6.05. The fraction of sp³-hybridized carbons (Fsp3) is 0.909. The van der Waals surface area contributed by atoms with Gasteiger partial charge in [-0.3, -0.25) is 4.79 Å². The van der Waals surface area contributed by atoms with Gasteiger partial charge in [-0.05, 0) is 12.3 Å². The molecule has 5 nitrogen and oxygen atoms in total. The molecule has 1 fully saturated rings. The van der Waals surface area contributed by atoms with E-state index in [1.54, 1.807) is 4.90 Å². The normalized spacial score (nSPS) is 21.5. The van der Waals surface area contributed by atoms with Crippen LogP contribution < -0.4 is 5.73 Å². The van der Waals surface area contributed by atoms with Crippen molar-refractivity contribution in [3.63, 3.8) is 0 Å². The lowest BCUT2D eigenvalue weighted by Gasteiger charge is -2.30. The van der Waals surface area contributed by atoms with Crippen molar-refractivity contribution in [2.24, 2.45) is 17.6 Å². The quantitative estimate of drug-likeness (QED) is 0.765. The molecule has 6 heteroatoms. The van der Waals surface area contributed by atoms with Crippen LogP contribution in [0.5, 0.6) is 0 Å². The van der Waals surface area contributed by atoms with Crippen LogP contribution in [-0.4, -0.2) is 50.4 Å². The lowest BCUT2D eigenvalue weighted by molar-refractivity contribution is -0.135. The number of nitrogens with two attached hydrogens (primary N) is 1. The summed E-state index contributed by atoms with van der Waals surface area (Å²) < 4.78 is 22.5. The second-order valence-corrected chi connectivity index (χ2v) is 7.34. The summed E-state index contributed by atoms with van der Waals surface area (Å²) in [4.78, 5) is 13.8. The molecule has 0 aromatic heterocycles. The molecule has 1 aliphatic rings. The van der Waals surface area contributed by atoms with Crippen LogP contribution in [0.15, 0.2) is 0 Å². The molecule has 1 heterocycles. The number of hydrogen-bond donors (Lipinski definition) is 1. The van der Waals surface area contributed by atoms with Gasteiger partial charge in [0, 0.05) is 19.6 Å². The molecule has 1 atom stereocenters. The molecular formula is C11H22N2O3S. The van der Waals surface area contributed by atoms with E-state index in [1.807, 2.05) is 0 Å². The van der Waals surface area contributed by atoms with E-state index in [-0.39, 0.29) is 23.3 Å². The summed E-state index contributed by atoms with van der Waals surface area (Å²) in [6.45, 7) is 5.07. The molecule has 0 bridgehead atoms. The average molecular weight is 262 g/mol. The van der Waals surface area contributed by atoms with Crippen LogP contribution in [0, 0.1) is 11.8 Å². The summed E-state index contributed by atoms with van der Waals surface area (Å²) in [7, 11) is -2.93. The summed E-state index contributed by atoms with van der Waals surface area (Å²) in [6.07, 6.45) is 0.762. The number of rotatable bonds is 4. The Balaban J connectivity index is 2.58. The van der Waals surface area contributed by atoms with Gasteiger partial charge in [0.25, 0.3) is 0 Å². The first-order valence-corrected chi connectivity index (χ1v) is 7.87. The van der Waals surface area contributed by atoms with Gasteiger partial charge in [0.15, 0.2) is 9.84 Å². The third kappa shape index (κ3) is 4.27. The first kappa shape index (κ1) is 14.4. The third-order valence-electron chi connectivity index (χ3n) is 3.05. The predicted molar refractivity (Wildman–Crippen MR) is 67.2 cm³/mol. The summed E-state index contributed by atoms with van der Waals surface area (Å²) in [5.74, 6) is 0.419. The van der Waals surface area contributed by atoms with Crippen LogP contribution in [0.4, 0.5) is 0 Å². The van der Waals surface area contributed by atoms with E-state index in [9.17, 15) is 13.2 Å². The van der Waals surface area contributed by atoms with Crippen molar-refractivity contribution in [3.05, 3.63) is 0 Å². The van der Waals surface area contributed by atoms with E-state index < -0.39 is 9.84 Å². The van der Waals surface area contributed by atoms with Gasteiger partial charge < -0.3 is 10.6 Å². The second kappa shape index (κ2) is 5.82. The Morgan fingerprint density at radius 3 is 2.24 bits per heavy atom. The summed E-state index contributed by atoms with van der Waals surface area (Å²) in [5, 5.41) is 0. The van der Waals surface area contributed by atoms with Crippen molar-refractivity contribution in [1.29, 1.82) is 0 Å². The minimum atomic E-state index is -2.93. The summed E-state index contributed by atoms with van der Waals surface area (Å²) in [5.41, 5.74) is 5.62. The predicted octanol–water partition coefficient (Wildman–Crippen LogP) is -0.136. The van der Waals surface area contributed by atoms with Gasteiger partial charge in [-0.25, -0.2) is 8.42 Å². The highest BCUT2D eigenvalue weighted by Crippen LogP contribution is 2.15. The number of carbonyl (C=O) groups is 1.